The first kappa shape index (κ1) is 10.8. The molecule has 0 radical (unpaired) electrons. The molecule has 1 heterocycles. The molecule has 16 heavy (non-hydrogen) atoms. The number of halogens is 3. The van der Waals surface area contributed by atoms with Crippen molar-refractivity contribution in [3.8, 4) is 5.75 Å². The number of pyridine rings is 1. The van der Waals surface area contributed by atoms with Gasteiger partial charge in [-0.05, 0) is 12.1 Å². The van der Waals surface area contributed by atoms with E-state index in [9.17, 15) is 12.9 Å². The Kier molecular flexibility index (Phi) is 2.72. The van der Waals surface area contributed by atoms with Crippen molar-refractivity contribution in [2.75, 3.05) is 6.51 Å². The number of rotatable bonds is 3. The molecular formula is C10H8BF3NO-. The number of hydrogen-bond acceptors (Lipinski definition) is 2. The van der Waals surface area contributed by atoms with E-state index < -0.39 is 13.5 Å². The average Bonchev–Trinajstić information content (AvgIpc) is 2.25. The van der Waals surface area contributed by atoms with Crippen LogP contribution in [0.15, 0.2) is 36.5 Å². The molecule has 0 atom stereocenters. The molecule has 0 aliphatic heterocycles. The fourth-order valence-corrected chi connectivity index (χ4v) is 1.38. The van der Waals surface area contributed by atoms with Gasteiger partial charge in [-0.1, -0.05) is 18.2 Å². The van der Waals surface area contributed by atoms with Crippen LogP contribution < -0.4 is 4.74 Å². The number of para-hydroxylation sites is 1. The minimum Gasteiger partial charge on any atom is -0.520 e. The molecule has 1 aromatic heterocycles. The van der Waals surface area contributed by atoms with E-state index in [1.54, 1.807) is 24.3 Å². The molecule has 0 saturated heterocycles. The minimum atomic E-state index is -4.94. The predicted molar refractivity (Wildman–Crippen MR) is 56.3 cm³/mol. The number of nitrogens with zero attached hydrogens (tertiary/aromatic N) is 1. The van der Waals surface area contributed by atoms with Crippen LogP contribution in [0.4, 0.5) is 12.9 Å². The van der Waals surface area contributed by atoms with Crippen molar-refractivity contribution >= 4 is 17.9 Å². The minimum absolute atomic E-state index is 0.164. The van der Waals surface area contributed by atoms with Gasteiger partial charge in [0, 0.05) is 11.6 Å². The van der Waals surface area contributed by atoms with Gasteiger partial charge < -0.3 is 17.7 Å². The Labute approximate surface area is 90.1 Å². The molecule has 0 N–H and O–H groups in total. The monoisotopic (exact) mass is 226 g/mol. The van der Waals surface area contributed by atoms with Crippen molar-refractivity contribution in [2.24, 2.45) is 0 Å². The third-order valence-corrected chi connectivity index (χ3v) is 2.02. The molecule has 1 aromatic carbocycles. The first-order chi connectivity index (χ1) is 7.56. The highest BCUT2D eigenvalue weighted by molar-refractivity contribution is 6.58. The number of aromatic nitrogens is 1. The van der Waals surface area contributed by atoms with E-state index in [1.165, 1.54) is 12.3 Å². The maximum absolute atomic E-state index is 12.1. The van der Waals surface area contributed by atoms with Gasteiger partial charge in [0.15, 0.2) is 0 Å². The Bertz CT molecular complexity index is 495. The average molecular weight is 226 g/mol. The van der Waals surface area contributed by atoms with Crippen molar-refractivity contribution in [3.05, 3.63) is 36.5 Å². The summed E-state index contributed by atoms with van der Waals surface area (Å²) in [6.45, 7) is -6.18. The second-order valence-corrected chi connectivity index (χ2v) is 3.35. The first-order valence-corrected chi connectivity index (χ1v) is 4.74. The van der Waals surface area contributed by atoms with Crippen LogP contribution in [-0.2, 0) is 0 Å². The van der Waals surface area contributed by atoms with E-state index in [2.05, 4.69) is 4.98 Å². The van der Waals surface area contributed by atoms with Gasteiger partial charge in [0.05, 0.1) is 6.51 Å². The lowest BCUT2D eigenvalue weighted by Gasteiger charge is -2.15. The number of fused-ring (bicyclic) bond motifs is 1. The molecule has 6 heteroatoms. The summed E-state index contributed by atoms with van der Waals surface area (Å²) in [6.07, 6.45) is 1.52. The van der Waals surface area contributed by atoms with Crippen LogP contribution in [0.1, 0.15) is 0 Å². The van der Waals surface area contributed by atoms with Crippen molar-refractivity contribution < 1.29 is 17.7 Å². The SMILES string of the molecule is F[B-](F)(F)COc1cccc2cccnc12. The van der Waals surface area contributed by atoms with Crippen molar-refractivity contribution in [1.29, 1.82) is 0 Å². The van der Waals surface area contributed by atoms with E-state index in [4.69, 9.17) is 4.74 Å². The van der Waals surface area contributed by atoms with Crippen molar-refractivity contribution in [2.45, 2.75) is 0 Å². The summed E-state index contributed by atoms with van der Waals surface area (Å²) in [5, 5.41) is 0.759. The molecule has 0 saturated carbocycles. The Morgan fingerprint density at radius 2 is 1.88 bits per heavy atom. The fraction of sp³-hybridized carbons (Fsp3) is 0.100. The summed E-state index contributed by atoms with van der Waals surface area (Å²) in [6, 6.07) is 8.39. The molecular weight excluding hydrogens is 218 g/mol. The quantitative estimate of drug-likeness (QED) is 0.750. The molecule has 84 valence electrons. The Morgan fingerprint density at radius 3 is 2.62 bits per heavy atom. The summed E-state index contributed by atoms with van der Waals surface area (Å²) in [7, 11) is 0. The van der Waals surface area contributed by atoms with Crippen molar-refractivity contribution in [3.63, 3.8) is 0 Å². The largest absolute Gasteiger partial charge is 0.520 e. The van der Waals surface area contributed by atoms with Gasteiger partial charge in [-0.25, -0.2) is 0 Å². The highest BCUT2D eigenvalue weighted by Crippen LogP contribution is 2.24. The smallest absolute Gasteiger partial charge is 0.515 e. The normalized spacial score (nSPS) is 11.7. The van der Waals surface area contributed by atoms with Gasteiger partial charge >= 0.3 is 6.98 Å². The zero-order chi connectivity index (χ0) is 11.6. The molecule has 0 bridgehead atoms. The van der Waals surface area contributed by atoms with Gasteiger partial charge in [0.2, 0.25) is 0 Å². The standard InChI is InChI=1S/C10H8BF3NO/c12-11(13,14)7-16-9-5-1-3-8-4-2-6-15-10(8)9/h1-6H,7H2/q-1. The summed E-state index contributed by atoms with van der Waals surface area (Å²) in [5.74, 6) is 0.164. The molecule has 0 fully saturated rings. The number of hydrogen-bond donors (Lipinski definition) is 0. The van der Waals surface area contributed by atoms with E-state index in [0.29, 0.717) is 5.52 Å². The second kappa shape index (κ2) is 4.04. The summed E-state index contributed by atoms with van der Waals surface area (Å²) in [5.41, 5.74) is 0.449. The highest BCUT2D eigenvalue weighted by Gasteiger charge is 2.24. The lowest BCUT2D eigenvalue weighted by Crippen LogP contribution is -2.26. The third kappa shape index (κ3) is 2.45. The lowest BCUT2D eigenvalue weighted by atomic mass is 9.95. The first-order valence-electron chi connectivity index (χ1n) is 4.74. The van der Waals surface area contributed by atoms with Crippen LogP contribution in [0.25, 0.3) is 10.9 Å². The molecule has 2 aromatic rings. The number of benzene rings is 1. The van der Waals surface area contributed by atoms with Gasteiger partial charge in [-0.2, -0.15) is 0 Å². The zero-order valence-electron chi connectivity index (χ0n) is 8.24. The van der Waals surface area contributed by atoms with Crippen LogP contribution in [0.5, 0.6) is 5.75 Å². The summed E-state index contributed by atoms with van der Waals surface area (Å²) < 4.78 is 40.9. The van der Waals surface area contributed by atoms with E-state index in [1.807, 2.05) is 0 Å². The maximum atomic E-state index is 12.1. The summed E-state index contributed by atoms with van der Waals surface area (Å²) in [4.78, 5) is 4.00. The van der Waals surface area contributed by atoms with Crippen LogP contribution in [0.3, 0.4) is 0 Å². The van der Waals surface area contributed by atoms with E-state index >= 15 is 0 Å². The topological polar surface area (TPSA) is 22.1 Å². The van der Waals surface area contributed by atoms with E-state index in [0.717, 1.165) is 5.39 Å². The Balaban J connectivity index is 2.30. The molecule has 2 nitrogen and oxygen atoms in total. The molecule has 0 unspecified atom stereocenters. The molecule has 0 aliphatic carbocycles. The van der Waals surface area contributed by atoms with Gasteiger partial charge in [-0.3, -0.25) is 4.98 Å². The van der Waals surface area contributed by atoms with Crippen molar-refractivity contribution in [1.82, 2.24) is 4.98 Å². The predicted octanol–water partition coefficient (Wildman–Crippen LogP) is 3.00. The molecule has 0 amide bonds. The van der Waals surface area contributed by atoms with Crippen LogP contribution in [0.2, 0.25) is 0 Å². The van der Waals surface area contributed by atoms with Crippen LogP contribution in [-0.4, -0.2) is 18.5 Å². The van der Waals surface area contributed by atoms with Crippen LogP contribution in [0, 0.1) is 0 Å². The Morgan fingerprint density at radius 1 is 1.12 bits per heavy atom. The molecule has 2 rings (SSSR count). The Hall–Kier alpha value is -1.72. The summed E-state index contributed by atoms with van der Waals surface area (Å²) >= 11 is 0. The lowest BCUT2D eigenvalue weighted by molar-refractivity contribution is 0.315. The zero-order valence-corrected chi connectivity index (χ0v) is 8.24. The fourth-order valence-electron chi connectivity index (χ4n) is 1.38. The van der Waals surface area contributed by atoms with Crippen LogP contribution >= 0.6 is 0 Å². The third-order valence-electron chi connectivity index (χ3n) is 2.02. The highest BCUT2D eigenvalue weighted by atomic mass is 19.4. The van der Waals surface area contributed by atoms with Gasteiger partial charge in [0.25, 0.3) is 0 Å². The van der Waals surface area contributed by atoms with E-state index in [-0.39, 0.29) is 5.75 Å². The second-order valence-electron chi connectivity index (χ2n) is 3.35. The van der Waals surface area contributed by atoms with Gasteiger partial charge in [0.1, 0.15) is 11.3 Å². The number of ether oxygens (including phenoxy) is 1. The maximum Gasteiger partial charge on any atom is 0.515 e. The molecule has 0 spiro atoms. The molecule has 0 aliphatic rings. The van der Waals surface area contributed by atoms with Gasteiger partial charge in [-0.15, -0.1) is 0 Å².